The Morgan fingerprint density at radius 3 is 2.20 bits per heavy atom. The maximum absolute atomic E-state index is 11.7. The molecule has 1 aliphatic carbocycles. The lowest BCUT2D eigenvalue weighted by Crippen LogP contribution is -2.42. The Hall–Kier alpha value is -1.06. The predicted molar refractivity (Wildman–Crippen MR) is 56.4 cm³/mol. The first-order valence-electron chi connectivity index (χ1n) is 5.55. The number of carboxylic acids is 1. The van der Waals surface area contributed by atoms with Gasteiger partial charge in [0.2, 0.25) is 5.91 Å². The van der Waals surface area contributed by atoms with Crippen LogP contribution in [0.3, 0.4) is 0 Å². The van der Waals surface area contributed by atoms with Crippen LogP contribution in [0.1, 0.15) is 39.5 Å². The highest BCUT2D eigenvalue weighted by Gasteiger charge is 2.35. The molecule has 0 saturated heterocycles. The molecule has 15 heavy (non-hydrogen) atoms. The molecule has 0 aromatic heterocycles. The van der Waals surface area contributed by atoms with Gasteiger partial charge in [0, 0.05) is 6.04 Å². The molecule has 1 rings (SSSR count). The first-order chi connectivity index (χ1) is 7.02. The van der Waals surface area contributed by atoms with Crippen LogP contribution in [0.25, 0.3) is 0 Å². The van der Waals surface area contributed by atoms with E-state index in [2.05, 4.69) is 5.32 Å². The van der Waals surface area contributed by atoms with E-state index in [1.165, 1.54) is 0 Å². The molecule has 4 heteroatoms. The van der Waals surface area contributed by atoms with Crippen LogP contribution in [-0.4, -0.2) is 23.0 Å². The minimum Gasteiger partial charge on any atom is -0.481 e. The van der Waals surface area contributed by atoms with Crippen LogP contribution in [0.5, 0.6) is 0 Å². The van der Waals surface area contributed by atoms with Crippen LogP contribution in [0.15, 0.2) is 0 Å². The van der Waals surface area contributed by atoms with Gasteiger partial charge in [-0.1, -0.05) is 12.8 Å². The molecule has 0 heterocycles. The monoisotopic (exact) mass is 213 g/mol. The van der Waals surface area contributed by atoms with E-state index in [-0.39, 0.29) is 17.9 Å². The minimum atomic E-state index is -0.835. The molecule has 0 aromatic carbocycles. The standard InChI is InChI=1S/C11H19NO3/c1-7(2)12-10(13)8-5-3-4-6-9(8)11(14)15/h7-9H,3-6H2,1-2H3,(H,12,13)(H,14,15). The average molecular weight is 213 g/mol. The molecule has 0 radical (unpaired) electrons. The highest BCUT2D eigenvalue weighted by Crippen LogP contribution is 2.30. The van der Waals surface area contributed by atoms with Crippen molar-refractivity contribution in [3.8, 4) is 0 Å². The molecule has 2 N–H and O–H groups in total. The van der Waals surface area contributed by atoms with E-state index >= 15 is 0 Å². The fraction of sp³-hybridized carbons (Fsp3) is 0.818. The summed E-state index contributed by atoms with van der Waals surface area (Å²) >= 11 is 0. The summed E-state index contributed by atoms with van der Waals surface area (Å²) in [6.07, 6.45) is 3.21. The van der Waals surface area contributed by atoms with Gasteiger partial charge in [0.05, 0.1) is 11.8 Å². The number of aliphatic carboxylic acids is 1. The minimum absolute atomic E-state index is 0.0777. The average Bonchev–Trinajstić information content (AvgIpc) is 2.16. The fourth-order valence-electron chi connectivity index (χ4n) is 2.13. The number of carbonyl (C=O) groups is 2. The summed E-state index contributed by atoms with van der Waals surface area (Å²) < 4.78 is 0. The third-order valence-electron chi connectivity index (χ3n) is 2.85. The van der Waals surface area contributed by atoms with E-state index in [1.807, 2.05) is 13.8 Å². The fourth-order valence-corrected chi connectivity index (χ4v) is 2.13. The Morgan fingerprint density at radius 1 is 1.20 bits per heavy atom. The van der Waals surface area contributed by atoms with Crippen LogP contribution < -0.4 is 5.32 Å². The summed E-state index contributed by atoms with van der Waals surface area (Å²) in [5, 5.41) is 11.8. The van der Waals surface area contributed by atoms with Crippen molar-refractivity contribution in [2.75, 3.05) is 0 Å². The lowest BCUT2D eigenvalue weighted by Gasteiger charge is -2.28. The molecule has 1 saturated carbocycles. The van der Waals surface area contributed by atoms with Crippen LogP contribution in [-0.2, 0) is 9.59 Å². The van der Waals surface area contributed by atoms with Gasteiger partial charge in [0.1, 0.15) is 0 Å². The number of rotatable bonds is 3. The molecule has 4 nitrogen and oxygen atoms in total. The van der Waals surface area contributed by atoms with Gasteiger partial charge >= 0.3 is 5.97 Å². The summed E-state index contributed by atoms with van der Waals surface area (Å²) in [6, 6.07) is 0.0777. The molecule has 0 spiro atoms. The van der Waals surface area contributed by atoms with Gasteiger partial charge in [0.15, 0.2) is 0 Å². The van der Waals surface area contributed by atoms with Crippen molar-refractivity contribution in [3.63, 3.8) is 0 Å². The van der Waals surface area contributed by atoms with E-state index in [4.69, 9.17) is 5.11 Å². The smallest absolute Gasteiger partial charge is 0.307 e. The Bertz CT molecular complexity index is 250. The summed E-state index contributed by atoms with van der Waals surface area (Å²) in [4.78, 5) is 22.7. The van der Waals surface area contributed by atoms with Gasteiger partial charge in [-0.25, -0.2) is 0 Å². The highest BCUT2D eigenvalue weighted by molar-refractivity contribution is 5.85. The molecular formula is C11H19NO3. The number of hydrogen-bond donors (Lipinski definition) is 2. The molecule has 2 atom stereocenters. The van der Waals surface area contributed by atoms with E-state index in [1.54, 1.807) is 0 Å². The zero-order chi connectivity index (χ0) is 11.4. The number of hydrogen-bond acceptors (Lipinski definition) is 2. The number of carbonyl (C=O) groups excluding carboxylic acids is 1. The lowest BCUT2D eigenvalue weighted by atomic mass is 9.78. The lowest BCUT2D eigenvalue weighted by molar-refractivity contribution is -0.149. The SMILES string of the molecule is CC(C)NC(=O)C1CCCCC1C(=O)O. The predicted octanol–water partition coefficient (Wildman–Crippen LogP) is 1.40. The maximum Gasteiger partial charge on any atom is 0.307 e. The second kappa shape index (κ2) is 5.14. The molecule has 1 fully saturated rings. The van der Waals surface area contributed by atoms with Gasteiger partial charge < -0.3 is 10.4 Å². The zero-order valence-corrected chi connectivity index (χ0v) is 9.32. The summed E-state index contributed by atoms with van der Waals surface area (Å²) in [7, 11) is 0. The van der Waals surface area contributed by atoms with Crippen molar-refractivity contribution < 1.29 is 14.7 Å². The Morgan fingerprint density at radius 2 is 1.73 bits per heavy atom. The van der Waals surface area contributed by atoms with Crippen molar-refractivity contribution in [2.24, 2.45) is 11.8 Å². The zero-order valence-electron chi connectivity index (χ0n) is 9.32. The Kier molecular flexibility index (Phi) is 4.12. The highest BCUT2D eigenvalue weighted by atomic mass is 16.4. The van der Waals surface area contributed by atoms with Gasteiger partial charge in [0.25, 0.3) is 0 Å². The molecule has 86 valence electrons. The number of nitrogens with one attached hydrogen (secondary N) is 1. The summed E-state index contributed by atoms with van der Waals surface area (Å²) in [5.41, 5.74) is 0. The molecule has 1 aliphatic rings. The largest absolute Gasteiger partial charge is 0.481 e. The summed E-state index contributed by atoms with van der Waals surface area (Å²) in [5.74, 6) is -1.76. The number of amides is 1. The second-order valence-electron chi connectivity index (χ2n) is 4.50. The van der Waals surface area contributed by atoms with E-state index in [0.29, 0.717) is 12.8 Å². The van der Waals surface area contributed by atoms with Gasteiger partial charge in [-0.3, -0.25) is 9.59 Å². The van der Waals surface area contributed by atoms with Crippen LogP contribution in [0.2, 0.25) is 0 Å². The topological polar surface area (TPSA) is 66.4 Å². The van der Waals surface area contributed by atoms with Crippen molar-refractivity contribution in [2.45, 2.75) is 45.6 Å². The Balaban J connectivity index is 2.63. The number of carboxylic acid groups (broad SMARTS) is 1. The molecule has 1 amide bonds. The van der Waals surface area contributed by atoms with Crippen molar-refractivity contribution in [1.82, 2.24) is 5.32 Å². The maximum atomic E-state index is 11.7. The normalized spacial score (nSPS) is 26.3. The van der Waals surface area contributed by atoms with Crippen LogP contribution in [0.4, 0.5) is 0 Å². The van der Waals surface area contributed by atoms with Gasteiger partial charge in [-0.05, 0) is 26.7 Å². The molecule has 0 aliphatic heterocycles. The second-order valence-corrected chi connectivity index (χ2v) is 4.50. The van der Waals surface area contributed by atoms with Crippen molar-refractivity contribution >= 4 is 11.9 Å². The first kappa shape index (κ1) is 12.0. The van der Waals surface area contributed by atoms with Gasteiger partial charge in [-0.2, -0.15) is 0 Å². The van der Waals surface area contributed by atoms with Crippen LogP contribution in [0, 0.1) is 11.8 Å². The quantitative estimate of drug-likeness (QED) is 0.744. The third-order valence-corrected chi connectivity index (χ3v) is 2.85. The third kappa shape index (κ3) is 3.22. The van der Waals surface area contributed by atoms with E-state index < -0.39 is 11.9 Å². The molecular weight excluding hydrogens is 194 g/mol. The van der Waals surface area contributed by atoms with Crippen molar-refractivity contribution in [1.29, 1.82) is 0 Å². The van der Waals surface area contributed by atoms with Crippen LogP contribution >= 0.6 is 0 Å². The molecule has 2 unspecified atom stereocenters. The molecule has 0 bridgehead atoms. The summed E-state index contributed by atoms with van der Waals surface area (Å²) in [6.45, 7) is 3.77. The van der Waals surface area contributed by atoms with E-state index in [9.17, 15) is 9.59 Å². The van der Waals surface area contributed by atoms with Crippen molar-refractivity contribution in [3.05, 3.63) is 0 Å². The molecule has 0 aromatic rings. The first-order valence-corrected chi connectivity index (χ1v) is 5.55. The van der Waals surface area contributed by atoms with E-state index in [0.717, 1.165) is 12.8 Å². The van der Waals surface area contributed by atoms with Gasteiger partial charge in [-0.15, -0.1) is 0 Å². The Labute approximate surface area is 90.0 Å².